The number of rotatable bonds is 6. The van der Waals surface area contributed by atoms with E-state index in [4.69, 9.17) is 9.57 Å². The van der Waals surface area contributed by atoms with E-state index in [9.17, 15) is 14.7 Å². The van der Waals surface area contributed by atoms with E-state index in [2.05, 4.69) is 32.0 Å². The van der Waals surface area contributed by atoms with Crippen molar-refractivity contribution in [2.24, 2.45) is 18.1 Å². The van der Waals surface area contributed by atoms with Crippen molar-refractivity contribution in [2.75, 3.05) is 6.61 Å². The topological polar surface area (TPSA) is 103 Å². The van der Waals surface area contributed by atoms with Gasteiger partial charge in [0.05, 0.1) is 11.8 Å². The van der Waals surface area contributed by atoms with Crippen LogP contribution in [0.2, 0.25) is 0 Å². The third-order valence-corrected chi connectivity index (χ3v) is 6.25. The molecule has 0 spiro atoms. The summed E-state index contributed by atoms with van der Waals surface area (Å²) in [5.41, 5.74) is 2.48. The lowest BCUT2D eigenvalue weighted by Crippen LogP contribution is -2.53. The summed E-state index contributed by atoms with van der Waals surface area (Å²) >= 11 is 0. The Balaban J connectivity index is 1.49. The van der Waals surface area contributed by atoms with E-state index in [0.717, 1.165) is 23.1 Å². The van der Waals surface area contributed by atoms with E-state index in [1.807, 2.05) is 6.08 Å². The van der Waals surface area contributed by atoms with Gasteiger partial charge in [0.1, 0.15) is 24.9 Å². The average Bonchev–Trinajstić information content (AvgIpc) is 3.47. The number of allylic oxidation sites excluding steroid dienone is 3. The SMILES string of the molecule is CC(C)=CCCC(C)=CCON=C1[C@H]2CCn3c(=O)n(C)c(=O)n3[C@H]2[C@H](O)[C@@H]2O[C@H]12. The van der Waals surface area contributed by atoms with Gasteiger partial charge in [0, 0.05) is 19.5 Å². The number of hydrogen-bond donors (Lipinski definition) is 1. The van der Waals surface area contributed by atoms with Gasteiger partial charge in [0.25, 0.3) is 0 Å². The quantitative estimate of drug-likeness (QED) is 0.323. The molecule has 4 rings (SSSR count). The highest BCUT2D eigenvalue weighted by molar-refractivity contribution is 5.94. The van der Waals surface area contributed by atoms with Gasteiger partial charge in [0.15, 0.2) is 0 Å². The van der Waals surface area contributed by atoms with Crippen LogP contribution in [0.1, 0.15) is 46.1 Å². The highest BCUT2D eigenvalue weighted by Gasteiger charge is 2.61. The van der Waals surface area contributed by atoms with Crippen LogP contribution < -0.4 is 11.4 Å². The van der Waals surface area contributed by atoms with Crippen LogP contribution >= 0.6 is 0 Å². The van der Waals surface area contributed by atoms with Crippen LogP contribution in [0.4, 0.5) is 0 Å². The van der Waals surface area contributed by atoms with E-state index < -0.39 is 23.9 Å². The van der Waals surface area contributed by atoms with Gasteiger partial charge in [-0.15, -0.1) is 0 Å². The Bertz CT molecular complexity index is 1020. The zero-order valence-corrected chi connectivity index (χ0v) is 17.9. The monoisotopic (exact) mass is 418 g/mol. The molecule has 3 heterocycles. The molecule has 5 atom stereocenters. The summed E-state index contributed by atoms with van der Waals surface area (Å²) in [5, 5.41) is 15.1. The first-order chi connectivity index (χ1) is 14.3. The van der Waals surface area contributed by atoms with Gasteiger partial charge in [0.2, 0.25) is 0 Å². The van der Waals surface area contributed by atoms with Gasteiger partial charge in [-0.1, -0.05) is 22.4 Å². The molecular weight excluding hydrogens is 388 g/mol. The van der Waals surface area contributed by atoms with Crippen LogP contribution in [0.5, 0.6) is 0 Å². The summed E-state index contributed by atoms with van der Waals surface area (Å²) < 4.78 is 9.51. The molecule has 2 fully saturated rings. The molecule has 0 radical (unpaired) electrons. The number of epoxide rings is 1. The van der Waals surface area contributed by atoms with E-state index in [1.165, 1.54) is 27.6 Å². The molecule has 30 heavy (non-hydrogen) atoms. The summed E-state index contributed by atoms with van der Waals surface area (Å²) in [6.45, 7) is 7.01. The number of aliphatic hydroxyl groups is 1. The Morgan fingerprint density at radius 3 is 2.77 bits per heavy atom. The van der Waals surface area contributed by atoms with E-state index >= 15 is 0 Å². The van der Waals surface area contributed by atoms with Crippen molar-refractivity contribution in [3.05, 3.63) is 44.3 Å². The van der Waals surface area contributed by atoms with Crippen molar-refractivity contribution in [1.82, 2.24) is 13.9 Å². The molecule has 1 N–H and O–H groups in total. The van der Waals surface area contributed by atoms with Crippen LogP contribution in [-0.4, -0.2) is 49.7 Å². The number of hydrogen-bond acceptors (Lipinski definition) is 6. The van der Waals surface area contributed by atoms with Gasteiger partial charge < -0.3 is 14.7 Å². The number of ether oxygens (including phenoxy) is 1. The molecule has 1 aromatic rings. The second kappa shape index (κ2) is 8.03. The Hall–Kier alpha value is -2.39. The predicted octanol–water partition coefficient (Wildman–Crippen LogP) is 1.12. The zero-order chi connectivity index (χ0) is 21.6. The first-order valence-electron chi connectivity index (χ1n) is 10.5. The summed E-state index contributed by atoms with van der Waals surface area (Å²) in [5.74, 6) is -0.203. The van der Waals surface area contributed by atoms with Crippen LogP contribution in [0, 0.1) is 5.92 Å². The fourth-order valence-electron chi connectivity index (χ4n) is 4.53. The molecule has 2 aliphatic heterocycles. The first-order valence-corrected chi connectivity index (χ1v) is 10.5. The summed E-state index contributed by atoms with van der Waals surface area (Å²) in [6.07, 6.45) is 5.26. The molecule has 3 aliphatic rings. The van der Waals surface area contributed by atoms with Crippen molar-refractivity contribution in [3.8, 4) is 0 Å². The summed E-state index contributed by atoms with van der Waals surface area (Å²) in [7, 11) is 1.45. The maximum atomic E-state index is 12.6. The smallest absolute Gasteiger partial charge is 0.347 e. The average molecular weight is 418 g/mol. The van der Waals surface area contributed by atoms with Gasteiger partial charge in [-0.2, -0.15) is 0 Å². The molecule has 0 bridgehead atoms. The van der Waals surface area contributed by atoms with Crippen LogP contribution in [0.3, 0.4) is 0 Å². The second-order valence-electron chi connectivity index (χ2n) is 8.67. The molecular formula is C21H30N4O5. The summed E-state index contributed by atoms with van der Waals surface area (Å²) in [6, 6.07) is -0.576. The van der Waals surface area contributed by atoms with Crippen molar-refractivity contribution >= 4 is 5.71 Å². The maximum absolute atomic E-state index is 12.6. The maximum Gasteiger partial charge on any atom is 0.347 e. The molecule has 1 saturated carbocycles. The second-order valence-corrected chi connectivity index (χ2v) is 8.67. The van der Waals surface area contributed by atoms with Crippen LogP contribution in [0.25, 0.3) is 0 Å². The Morgan fingerprint density at radius 2 is 2.03 bits per heavy atom. The Kier molecular flexibility index (Phi) is 5.59. The molecule has 0 unspecified atom stereocenters. The Morgan fingerprint density at radius 1 is 1.27 bits per heavy atom. The van der Waals surface area contributed by atoms with E-state index in [1.54, 1.807) is 0 Å². The van der Waals surface area contributed by atoms with Gasteiger partial charge >= 0.3 is 11.4 Å². The summed E-state index contributed by atoms with van der Waals surface area (Å²) in [4.78, 5) is 30.5. The largest absolute Gasteiger partial charge is 0.392 e. The normalized spacial score (nSPS) is 31.0. The number of aromatic nitrogens is 3. The fraction of sp³-hybridized carbons (Fsp3) is 0.667. The third-order valence-electron chi connectivity index (χ3n) is 6.25. The van der Waals surface area contributed by atoms with Crippen molar-refractivity contribution in [1.29, 1.82) is 0 Å². The zero-order valence-electron chi connectivity index (χ0n) is 17.9. The molecule has 1 saturated heterocycles. The molecule has 1 aliphatic carbocycles. The molecule has 0 amide bonds. The van der Waals surface area contributed by atoms with E-state index in [-0.39, 0.29) is 17.7 Å². The number of oxime groups is 1. The van der Waals surface area contributed by atoms with Crippen molar-refractivity contribution in [3.63, 3.8) is 0 Å². The van der Waals surface area contributed by atoms with Crippen molar-refractivity contribution < 1.29 is 14.7 Å². The minimum absolute atomic E-state index is 0.203. The standard InChI is InChI=1S/C21H30N4O5/c1-12(2)6-5-7-13(3)9-11-29-22-15-14-8-10-24-20(27)23(4)21(28)25(24)16(14)17(26)19-18(15)30-19/h6,9,14,16-19,26H,5,7-8,10-11H2,1-4H3/t14-,16-,17+,18-,19+/m1/s1. The highest BCUT2D eigenvalue weighted by atomic mass is 16.6. The lowest BCUT2D eigenvalue weighted by atomic mass is 9.78. The minimum Gasteiger partial charge on any atom is -0.392 e. The molecule has 164 valence electrons. The van der Waals surface area contributed by atoms with Gasteiger partial charge in [-0.05, 0) is 46.1 Å². The van der Waals surface area contributed by atoms with Crippen molar-refractivity contribution in [2.45, 2.75) is 70.9 Å². The fourth-order valence-corrected chi connectivity index (χ4v) is 4.53. The molecule has 1 aromatic heterocycles. The Labute approximate surface area is 174 Å². The lowest BCUT2D eigenvalue weighted by molar-refractivity contribution is 0.0326. The number of nitrogens with zero attached hydrogens (tertiary/aromatic N) is 4. The highest BCUT2D eigenvalue weighted by Crippen LogP contribution is 2.46. The third kappa shape index (κ3) is 3.60. The predicted molar refractivity (Wildman–Crippen MR) is 112 cm³/mol. The number of aliphatic hydroxyl groups excluding tert-OH is 1. The number of fused-ring (bicyclic) bond motifs is 4. The minimum atomic E-state index is -0.859. The molecule has 9 nitrogen and oxygen atoms in total. The molecule has 0 aromatic carbocycles. The lowest BCUT2D eigenvalue weighted by Gasteiger charge is -2.38. The first kappa shape index (κ1) is 20.9. The van der Waals surface area contributed by atoms with Crippen LogP contribution in [-0.2, 0) is 23.2 Å². The van der Waals surface area contributed by atoms with E-state index in [0.29, 0.717) is 19.6 Å². The van der Waals surface area contributed by atoms with Gasteiger partial charge in [-0.25, -0.2) is 23.5 Å². The van der Waals surface area contributed by atoms with Crippen LogP contribution in [0.15, 0.2) is 38.0 Å². The molecule has 9 heteroatoms. The van der Waals surface area contributed by atoms with Gasteiger partial charge in [-0.3, -0.25) is 0 Å².